The van der Waals surface area contributed by atoms with Crippen molar-refractivity contribution in [3.8, 4) is 0 Å². The molecular weight excluding hydrogens is 347 g/mol. The molecule has 22 heavy (non-hydrogen) atoms. The van der Waals surface area contributed by atoms with E-state index < -0.39 is 9.84 Å². The van der Waals surface area contributed by atoms with Crippen molar-refractivity contribution in [1.82, 2.24) is 9.88 Å². The molecule has 1 aliphatic heterocycles. The average molecular weight is 365 g/mol. The van der Waals surface area contributed by atoms with E-state index in [1.54, 1.807) is 4.90 Å². The number of hydrogen-bond acceptors (Lipinski definition) is 4. The highest BCUT2D eigenvalue weighted by Crippen LogP contribution is 2.24. The van der Waals surface area contributed by atoms with Gasteiger partial charge in [-0.2, -0.15) is 0 Å². The fourth-order valence-corrected chi connectivity index (χ4v) is 4.52. The molecule has 8 heteroatoms. The van der Waals surface area contributed by atoms with Crippen molar-refractivity contribution < 1.29 is 13.2 Å². The third-order valence-corrected chi connectivity index (χ3v) is 5.95. The Labute approximate surface area is 140 Å². The first-order valence-corrected chi connectivity index (χ1v) is 9.60. The fourth-order valence-electron chi connectivity index (χ4n) is 2.52. The van der Waals surface area contributed by atoms with Crippen molar-refractivity contribution in [2.45, 2.75) is 26.3 Å². The Bertz CT molecular complexity index is 677. The van der Waals surface area contributed by atoms with E-state index in [4.69, 9.17) is 23.2 Å². The van der Waals surface area contributed by atoms with Crippen molar-refractivity contribution in [1.29, 1.82) is 0 Å². The Kier molecular flexibility index (Phi) is 5.35. The minimum atomic E-state index is -3.06. The van der Waals surface area contributed by atoms with E-state index in [2.05, 4.69) is 4.98 Å². The lowest BCUT2D eigenvalue weighted by molar-refractivity contribution is 0.0672. The molecule has 1 aromatic heterocycles. The van der Waals surface area contributed by atoms with E-state index in [0.29, 0.717) is 18.5 Å². The Morgan fingerprint density at radius 2 is 2.14 bits per heavy atom. The van der Waals surface area contributed by atoms with Gasteiger partial charge in [0.25, 0.3) is 5.91 Å². The third-order valence-electron chi connectivity index (χ3n) is 3.52. The smallest absolute Gasteiger partial charge is 0.255 e. The van der Waals surface area contributed by atoms with Crippen LogP contribution in [-0.4, -0.2) is 48.3 Å². The summed E-state index contributed by atoms with van der Waals surface area (Å²) in [5.74, 6) is 0.101. The minimum Gasteiger partial charge on any atom is -0.334 e. The van der Waals surface area contributed by atoms with Gasteiger partial charge in [-0.05, 0) is 18.4 Å². The van der Waals surface area contributed by atoms with Crippen molar-refractivity contribution in [3.05, 3.63) is 28.0 Å². The Morgan fingerprint density at radius 3 is 2.64 bits per heavy atom. The monoisotopic (exact) mass is 364 g/mol. The lowest BCUT2D eigenvalue weighted by Gasteiger charge is -2.30. The number of hydrogen-bond donors (Lipinski definition) is 0. The minimum absolute atomic E-state index is 0.0141. The maximum absolute atomic E-state index is 12.7. The van der Waals surface area contributed by atoms with Gasteiger partial charge in [-0.15, -0.1) is 0 Å². The normalized spacial score (nSPS) is 20.3. The topological polar surface area (TPSA) is 67.3 Å². The van der Waals surface area contributed by atoms with Crippen LogP contribution in [0.1, 0.15) is 30.6 Å². The van der Waals surface area contributed by atoms with Gasteiger partial charge in [-0.25, -0.2) is 13.4 Å². The van der Waals surface area contributed by atoms with Crippen LogP contribution >= 0.6 is 23.2 Å². The van der Waals surface area contributed by atoms with Gasteiger partial charge < -0.3 is 4.90 Å². The van der Waals surface area contributed by atoms with Crippen molar-refractivity contribution in [2.24, 2.45) is 5.92 Å². The molecule has 2 heterocycles. The molecule has 2 rings (SSSR count). The SMILES string of the molecule is CC(C)CN(C(=O)c1cnc(Cl)c(Cl)c1)C1CCS(=O)(=O)C1. The van der Waals surface area contributed by atoms with Gasteiger partial charge >= 0.3 is 0 Å². The zero-order valence-corrected chi connectivity index (χ0v) is 14.7. The number of sulfone groups is 1. The van der Waals surface area contributed by atoms with Gasteiger partial charge in [-0.3, -0.25) is 4.79 Å². The lowest BCUT2D eigenvalue weighted by atomic mass is 10.1. The summed E-state index contributed by atoms with van der Waals surface area (Å²) in [5, 5.41) is 0.341. The van der Waals surface area contributed by atoms with Crippen LogP contribution in [0.3, 0.4) is 0 Å². The maximum atomic E-state index is 12.7. The molecule has 122 valence electrons. The molecule has 1 atom stereocenters. The van der Waals surface area contributed by atoms with Gasteiger partial charge in [-0.1, -0.05) is 37.0 Å². The highest BCUT2D eigenvalue weighted by atomic mass is 35.5. The van der Waals surface area contributed by atoms with Crippen molar-refractivity contribution in [2.75, 3.05) is 18.1 Å². The van der Waals surface area contributed by atoms with E-state index in [1.165, 1.54) is 12.3 Å². The molecule has 0 aliphatic carbocycles. The molecular formula is C14H18Cl2N2O3S. The Balaban J connectivity index is 2.28. The second-order valence-electron chi connectivity index (χ2n) is 5.90. The Hall–Kier alpha value is -0.850. The number of amides is 1. The standard InChI is InChI=1S/C14H18Cl2N2O3S/c1-9(2)7-18(11-3-4-22(20,21)8-11)14(19)10-5-12(15)13(16)17-6-10/h5-6,9,11H,3-4,7-8H2,1-2H3. The third kappa shape index (κ3) is 4.12. The van der Waals surface area contributed by atoms with Gasteiger partial charge in [0.1, 0.15) is 5.15 Å². The molecule has 0 bridgehead atoms. The molecule has 0 aromatic carbocycles. The number of aromatic nitrogens is 1. The lowest BCUT2D eigenvalue weighted by Crippen LogP contribution is -2.43. The molecule has 1 unspecified atom stereocenters. The summed E-state index contributed by atoms with van der Waals surface area (Å²) in [6.45, 7) is 4.45. The summed E-state index contributed by atoms with van der Waals surface area (Å²) in [4.78, 5) is 18.2. The quantitative estimate of drug-likeness (QED) is 0.770. The molecule has 0 saturated carbocycles. The fraction of sp³-hybridized carbons (Fsp3) is 0.571. The summed E-state index contributed by atoms with van der Waals surface area (Å²) in [7, 11) is -3.06. The first kappa shape index (κ1) is 17.5. The van der Waals surface area contributed by atoms with Crippen LogP contribution in [0.4, 0.5) is 0 Å². The first-order valence-electron chi connectivity index (χ1n) is 7.02. The molecule has 1 amide bonds. The second kappa shape index (κ2) is 6.72. The van der Waals surface area contributed by atoms with E-state index >= 15 is 0 Å². The van der Waals surface area contributed by atoms with Gasteiger partial charge in [0.05, 0.1) is 22.1 Å². The molecule has 1 saturated heterocycles. The molecule has 1 aliphatic rings. The maximum Gasteiger partial charge on any atom is 0.255 e. The van der Waals surface area contributed by atoms with Crippen LogP contribution in [0, 0.1) is 5.92 Å². The molecule has 1 aromatic rings. The largest absolute Gasteiger partial charge is 0.334 e. The predicted octanol–water partition coefficient (Wildman–Crippen LogP) is 2.67. The van der Waals surface area contributed by atoms with Crippen molar-refractivity contribution in [3.63, 3.8) is 0 Å². The predicted molar refractivity (Wildman–Crippen MR) is 87.2 cm³/mol. The summed E-state index contributed by atoms with van der Waals surface area (Å²) < 4.78 is 23.4. The molecule has 0 spiro atoms. The number of carbonyl (C=O) groups excluding carboxylic acids is 1. The highest BCUT2D eigenvalue weighted by Gasteiger charge is 2.35. The van der Waals surface area contributed by atoms with Gasteiger partial charge in [0.15, 0.2) is 9.84 Å². The number of carbonyl (C=O) groups is 1. The number of pyridine rings is 1. The van der Waals surface area contributed by atoms with E-state index in [9.17, 15) is 13.2 Å². The summed E-state index contributed by atoms with van der Waals surface area (Å²) >= 11 is 11.7. The zero-order chi connectivity index (χ0) is 16.5. The molecule has 0 N–H and O–H groups in total. The van der Waals surface area contributed by atoms with Gasteiger partial charge in [0, 0.05) is 18.8 Å². The van der Waals surface area contributed by atoms with E-state index in [0.717, 1.165) is 0 Å². The average Bonchev–Trinajstić information content (AvgIpc) is 2.78. The second-order valence-corrected chi connectivity index (χ2v) is 8.90. The van der Waals surface area contributed by atoms with Crippen molar-refractivity contribution >= 4 is 38.9 Å². The summed E-state index contributed by atoms with van der Waals surface area (Å²) in [6.07, 6.45) is 1.84. The van der Waals surface area contributed by atoms with E-state index in [-0.39, 0.29) is 39.5 Å². The van der Waals surface area contributed by atoms with Crippen LogP contribution in [0.25, 0.3) is 0 Å². The van der Waals surface area contributed by atoms with Crippen LogP contribution in [0.15, 0.2) is 12.3 Å². The van der Waals surface area contributed by atoms with Crippen LogP contribution in [0.5, 0.6) is 0 Å². The van der Waals surface area contributed by atoms with Crippen LogP contribution < -0.4 is 0 Å². The molecule has 5 nitrogen and oxygen atoms in total. The molecule has 1 fully saturated rings. The molecule has 0 radical (unpaired) electrons. The van der Waals surface area contributed by atoms with Gasteiger partial charge in [0.2, 0.25) is 0 Å². The summed E-state index contributed by atoms with van der Waals surface area (Å²) in [6, 6.07) is 1.17. The zero-order valence-electron chi connectivity index (χ0n) is 12.4. The Morgan fingerprint density at radius 1 is 1.45 bits per heavy atom. The first-order chi connectivity index (χ1) is 10.2. The summed E-state index contributed by atoms with van der Waals surface area (Å²) in [5.41, 5.74) is 0.319. The van der Waals surface area contributed by atoms with E-state index in [1.807, 2.05) is 13.8 Å². The number of nitrogens with zero attached hydrogens (tertiary/aromatic N) is 2. The van der Waals surface area contributed by atoms with Crippen LogP contribution in [-0.2, 0) is 9.84 Å². The number of rotatable bonds is 4. The number of halogens is 2. The van der Waals surface area contributed by atoms with Crippen LogP contribution in [0.2, 0.25) is 10.2 Å². The highest BCUT2D eigenvalue weighted by molar-refractivity contribution is 7.91.